The van der Waals surface area contributed by atoms with Gasteiger partial charge in [0.15, 0.2) is 0 Å². The second-order valence-electron chi connectivity index (χ2n) is 6.24. The van der Waals surface area contributed by atoms with Crippen LogP contribution in [0.1, 0.15) is 22.8 Å². The first-order valence-corrected chi connectivity index (χ1v) is 9.15. The van der Waals surface area contributed by atoms with Crippen molar-refractivity contribution < 1.29 is 4.79 Å². The Labute approximate surface area is 162 Å². The summed E-state index contributed by atoms with van der Waals surface area (Å²) in [4.78, 5) is 12.1. The average Bonchev–Trinajstić information content (AvgIpc) is 3.01. The van der Waals surface area contributed by atoms with Crippen molar-refractivity contribution in [2.24, 2.45) is 5.10 Å². The molecule has 0 saturated heterocycles. The van der Waals surface area contributed by atoms with E-state index in [1.54, 1.807) is 30.5 Å². The molecule has 0 spiro atoms. The lowest BCUT2D eigenvalue weighted by molar-refractivity contribution is 0.0955. The molecule has 0 radical (unpaired) electrons. The number of hydrazone groups is 1. The minimum absolute atomic E-state index is 0.272. The van der Waals surface area contributed by atoms with Crippen LogP contribution in [0.4, 0.5) is 0 Å². The fourth-order valence-corrected chi connectivity index (χ4v) is 3.45. The van der Waals surface area contributed by atoms with E-state index in [1.807, 2.05) is 6.07 Å². The number of halogens is 1. The van der Waals surface area contributed by atoms with E-state index in [-0.39, 0.29) is 5.91 Å². The number of carbonyl (C=O) groups excluding carboxylic acids is 1. The summed E-state index contributed by atoms with van der Waals surface area (Å²) in [5, 5.41) is 7.08. The van der Waals surface area contributed by atoms with E-state index < -0.39 is 0 Å². The summed E-state index contributed by atoms with van der Waals surface area (Å²) in [5.74, 6) is -0.272. The topological polar surface area (TPSA) is 46.4 Å². The van der Waals surface area contributed by atoms with Crippen molar-refractivity contribution in [2.75, 3.05) is 0 Å². The molecule has 0 atom stereocenters. The van der Waals surface area contributed by atoms with Crippen molar-refractivity contribution >= 4 is 45.5 Å². The molecule has 1 amide bonds. The van der Waals surface area contributed by atoms with Gasteiger partial charge in [0.25, 0.3) is 5.91 Å². The average molecular weight is 376 g/mol. The Bertz CT molecular complexity index is 1160. The van der Waals surface area contributed by atoms with Gasteiger partial charge in [-0.2, -0.15) is 5.10 Å². The Morgan fingerprint density at radius 2 is 1.78 bits per heavy atom. The molecule has 0 bridgehead atoms. The van der Waals surface area contributed by atoms with Gasteiger partial charge in [-0.15, -0.1) is 0 Å². The van der Waals surface area contributed by atoms with E-state index in [1.165, 1.54) is 21.8 Å². The van der Waals surface area contributed by atoms with E-state index in [0.717, 1.165) is 12.1 Å². The summed E-state index contributed by atoms with van der Waals surface area (Å²) in [6.45, 7) is 3.06. The fraction of sp³-hybridized carbons (Fsp3) is 0.0909. The number of benzene rings is 3. The number of para-hydroxylation sites is 1. The van der Waals surface area contributed by atoms with Crippen LogP contribution < -0.4 is 5.43 Å². The summed E-state index contributed by atoms with van der Waals surface area (Å²) in [6, 6.07) is 21.3. The van der Waals surface area contributed by atoms with Crippen molar-refractivity contribution in [3.05, 3.63) is 82.9 Å². The van der Waals surface area contributed by atoms with Gasteiger partial charge in [-0.05, 0) is 55.0 Å². The van der Waals surface area contributed by atoms with Gasteiger partial charge in [-0.1, -0.05) is 35.9 Å². The maximum Gasteiger partial charge on any atom is 0.271 e. The van der Waals surface area contributed by atoms with Gasteiger partial charge in [0.2, 0.25) is 0 Å². The maximum atomic E-state index is 12.1. The van der Waals surface area contributed by atoms with E-state index in [9.17, 15) is 4.79 Å². The van der Waals surface area contributed by atoms with Crippen LogP contribution >= 0.6 is 11.6 Å². The summed E-state index contributed by atoms with van der Waals surface area (Å²) >= 11 is 5.84. The van der Waals surface area contributed by atoms with Crippen LogP contribution in [-0.2, 0) is 6.54 Å². The molecule has 3 aromatic carbocycles. The van der Waals surface area contributed by atoms with Gasteiger partial charge in [0, 0.05) is 38.9 Å². The Morgan fingerprint density at radius 3 is 2.56 bits per heavy atom. The highest BCUT2D eigenvalue weighted by atomic mass is 35.5. The quantitative estimate of drug-likeness (QED) is 0.385. The third-order valence-electron chi connectivity index (χ3n) is 4.60. The second-order valence-corrected chi connectivity index (χ2v) is 6.68. The number of aromatic nitrogens is 1. The summed E-state index contributed by atoms with van der Waals surface area (Å²) in [6.07, 6.45) is 1.66. The van der Waals surface area contributed by atoms with Crippen LogP contribution in [0.2, 0.25) is 5.02 Å². The SMILES string of the molecule is CCn1c2ccccc2c2cc(C=NNC(=O)c3ccc(Cl)cc3)ccc21. The molecule has 4 rings (SSSR count). The number of hydrogen-bond acceptors (Lipinski definition) is 2. The molecule has 4 nitrogen and oxygen atoms in total. The molecule has 0 unspecified atom stereocenters. The van der Waals surface area contributed by atoms with Gasteiger partial charge in [-0.3, -0.25) is 4.79 Å². The summed E-state index contributed by atoms with van der Waals surface area (Å²) in [7, 11) is 0. The highest BCUT2D eigenvalue weighted by molar-refractivity contribution is 6.30. The highest BCUT2D eigenvalue weighted by Crippen LogP contribution is 2.29. The molecule has 0 aliphatic carbocycles. The number of amides is 1. The minimum Gasteiger partial charge on any atom is -0.341 e. The van der Waals surface area contributed by atoms with Gasteiger partial charge in [-0.25, -0.2) is 5.43 Å². The van der Waals surface area contributed by atoms with Crippen LogP contribution in [0.3, 0.4) is 0 Å². The molecule has 0 aliphatic rings. The number of carbonyl (C=O) groups is 1. The van der Waals surface area contributed by atoms with Crippen LogP contribution in [0, 0.1) is 0 Å². The molecule has 5 heteroatoms. The molecule has 0 aliphatic heterocycles. The lowest BCUT2D eigenvalue weighted by atomic mass is 10.1. The second kappa shape index (κ2) is 7.25. The zero-order valence-corrected chi connectivity index (χ0v) is 15.6. The Balaban J connectivity index is 1.61. The summed E-state index contributed by atoms with van der Waals surface area (Å²) in [5.41, 5.74) is 6.41. The predicted molar refractivity (Wildman–Crippen MR) is 112 cm³/mol. The molecule has 0 fully saturated rings. The Morgan fingerprint density at radius 1 is 1.04 bits per heavy atom. The van der Waals surface area contributed by atoms with Gasteiger partial charge in [0.1, 0.15) is 0 Å². The maximum absolute atomic E-state index is 12.1. The number of nitrogens with one attached hydrogen (secondary N) is 1. The zero-order valence-electron chi connectivity index (χ0n) is 14.8. The monoisotopic (exact) mass is 375 g/mol. The van der Waals surface area contributed by atoms with E-state index >= 15 is 0 Å². The zero-order chi connectivity index (χ0) is 18.8. The van der Waals surface area contributed by atoms with Crippen LogP contribution in [0.5, 0.6) is 0 Å². The predicted octanol–water partition coefficient (Wildman–Crippen LogP) is 5.23. The van der Waals surface area contributed by atoms with E-state index in [2.05, 4.69) is 58.4 Å². The lowest BCUT2D eigenvalue weighted by Gasteiger charge is -2.03. The molecule has 0 saturated carbocycles. The molecule has 27 heavy (non-hydrogen) atoms. The normalized spacial score (nSPS) is 11.5. The molecule has 1 heterocycles. The minimum atomic E-state index is -0.272. The Hall–Kier alpha value is -3.11. The number of hydrogen-bond donors (Lipinski definition) is 1. The first-order valence-electron chi connectivity index (χ1n) is 8.77. The smallest absolute Gasteiger partial charge is 0.271 e. The van der Waals surface area contributed by atoms with Crippen molar-refractivity contribution in [1.29, 1.82) is 0 Å². The lowest BCUT2D eigenvalue weighted by Crippen LogP contribution is -2.17. The van der Waals surface area contributed by atoms with Crippen LogP contribution in [0.15, 0.2) is 71.8 Å². The number of rotatable bonds is 4. The Kier molecular flexibility index (Phi) is 4.65. The van der Waals surface area contributed by atoms with Gasteiger partial charge < -0.3 is 4.57 Å². The van der Waals surface area contributed by atoms with Crippen molar-refractivity contribution in [3.63, 3.8) is 0 Å². The van der Waals surface area contributed by atoms with Gasteiger partial charge in [0.05, 0.1) is 6.21 Å². The third kappa shape index (κ3) is 3.32. The number of nitrogens with zero attached hydrogens (tertiary/aromatic N) is 2. The first-order chi connectivity index (χ1) is 13.2. The standard InChI is InChI=1S/C22H18ClN3O/c1-2-26-20-6-4-3-5-18(20)19-13-15(7-12-21(19)26)14-24-25-22(27)16-8-10-17(23)11-9-16/h3-14H,2H2,1H3,(H,25,27). The third-order valence-corrected chi connectivity index (χ3v) is 4.85. The number of fused-ring (bicyclic) bond motifs is 3. The van der Waals surface area contributed by atoms with E-state index in [0.29, 0.717) is 10.6 Å². The largest absolute Gasteiger partial charge is 0.341 e. The van der Waals surface area contributed by atoms with Crippen LogP contribution in [0.25, 0.3) is 21.8 Å². The molecule has 1 aromatic heterocycles. The van der Waals surface area contributed by atoms with Crippen LogP contribution in [-0.4, -0.2) is 16.7 Å². The first kappa shape index (κ1) is 17.3. The molecular formula is C22H18ClN3O. The molecule has 4 aromatic rings. The van der Waals surface area contributed by atoms with E-state index in [4.69, 9.17) is 11.6 Å². The fourth-order valence-electron chi connectivity index (χ4n) is 3.32. The molecule has 134 valence electrons. The van der Waals surface area contributed by atoms with Gasteiger partial charge >= 0.3 is 0 Å². The molecule has 1 N–H and O–H groups in total. The van der Waals surface area contributed by atoms with Crippen molar-refractivity contribution in [1.82, 2.24) is 9.99 Å². The van der Waals surface area contributed by atoms with Crippen molar-refractivity contribution in [3.8, 4) is 0 Å². The molecular weight excluding hydrogens is 358 g/mol. The highest BCUT2D eigenvalue weighted by Gasteiger charge is 2.09. The number of aryl methyl sites for hydroxylation is 1. The summed E-state index contributed by atoms with van der Waals surface area (Å²) < 4.78 is 2.30. The van der Waals surface area contributed by atoms with Crippen molar-refractivity contribution in [2.45, 2.75) is 13.5 Å².